The van der Waals surface area contributed by atoms with Crippen molar-refractivity contribution in [3.8, 4) is 0 Å². The van der Waals surface area contributed by atoms with E-state index >= 15 is 0 Å². The molecule has 3 nitrogen and oxygen atoms in total. The van der Waals surface area contributed by atoms with Crippen molar-refractivity contribution in [1.82, 2.24) is 0 Å². The van der Waals surface area contributed by atoms with Gasteiger partial charge in [0.15, 0.2) is 0 Å². The number of amides is 1. The minimum Gasteiger partial charge on any atom is -0.330 e. The highest BCUT2D eigenvalue weighted by atomic mass is 79.9. The van der Waals surface area contributed by atoms with Gasteiger partial charge in [-0.25, -0.2) is 0 Å². The minimum absolute atomic E-state index is 0.0668. The second-order valence-corrected chi connectivity index (χ2v) is 6.14. The summed E-state index contributed by atoms with van der Waals surface area (Å²) in [7, 11) is 0. The molecule has 2 rings (SSSR count). The molecule has 1 saturated carbocycles. The van der Waals surface area contributed by atoms with Crippen LogP contribution < -0.4 is 11.1 Å². The fourth-order valence-electron chi connectivity index (χ4n) is 2.80. The smallest absolute Gasteiger partial charge is 0.227 e. The molecule has 1 amide bonds. The molecule has 0 aliphatic heterocycles. The van der Waals surface area contributed by atoms with Crippen molar-refractivity contribution < 1.29 is 4.79 Å². The van der Waals surface area contributed by atoms with Gasteiger partial charge in [0.05, 0.1) is 0 Å². The van der Waals surface area contributed by atoms with E-state index < -0.39 is 0 Å². The SMILES string of the molecule is Cc1c(Br)cccc1NC(=O)C1CCCCC1CN. The fraction of sp³-hybridized carbons (Fsp3) is 0.533. The number of hydrogen-bond acceptors (Lipinski definition) is 2. The van der Waals surface area contributed by atoms with Crippen LogP contribution in [-0.2, 0) is 4.79 Å². The summed E-state index contributed by atoms with van der Waals surface area (Å²) in [5, 5.41) is 3.06. The maximum Gasteiger partial charge on any atom is 0.227 e. The van der Waals surface area contributed by atoms with E-state index in [1.807, 2.05) is 25.1 Å². The van der Waals surface area contributed by atoms with E-state index in [1.54, 1.807) is 0 Å². The predicted molar refractivity (Wildman–Crippen MR) is 82.0 cm³/mol. The molecular weight excluding hydrogens is 304 g/mol. The zero-order chi connectivity index (χ0) is 13.8. The zero-order valence-corrected chi connectivity index (χ0v) is 12.9. The summed E-state index contributed by atoms with van der Waals surface area (Å²) < 4.78 is 1.02. The van der Waals surface area contributed by atoms with Gasteiger partial charge < -0.3 is 11.1 Å². The Balaban J connectivity index is 2.09. The van der Waals surface area contributed by atoms with Crippen LogP contribution >= 0.6 is 15.9 Å². The molecule has 2 unspecified atom stereocenters. The third kappa shape index (κ3) is 3.37. The summed E-state index contributed by atoms with van der Waals surface area (Å²) in [6, 6.07) is 5.86. The minimum atomic E-state index is 0.0668. The van der Waals surface area contributed by atoms with E-state index in [0.717, 1.165) is 35.0 Å². The van der Waals surface area contributed by atoms with E-state index in [4.69, 9.17) is 5.73 Å². The van der Waals surface area contributed by atoms with Gasteiger partial charge in [0, 0.05) is 16.1 Å². The predicted octanol–water partition coefficient (Wildman–Crippen LogP) is 3.46. The maximum absolute atomic E-state index is 12.4. The molecule has 2 atom stereocenters. The van der Waals surface area contributed by atoms with Gasteiger partial charge >= 0.3 is 0 Å². The summed E-state index contributed by atoms with van der Waals surface area (Å²) in [6.45, 7) is 2.61. The average Bonchev–Trinajstić information content (AvgIpc) is 2.43. The lowest BCUT2D eigenvalue weighted by molar-refractivity contribution is -0.122. The lowest BCUT2D eigenvalue weighted by Crippen LogP contribution is -2.35. The van der Waals surface area contributed by atoms with Gasteiger partial charge in [-0.05, 0) is 49.9 Å². The molecule has 1 aliphatic rings. The van der Waals surface area contributed by atoms with Crippen LogP contribution in [0.2, 0.25) is 0 Å². The van der Waals surface area contributed by atoms with Crippen molar-refractivity contribution in [2.24, 2.45) is 17.6 Å². The van der Waals surface area contributed by atoms with Crippen LogP contribution in [0.4, 0.5) is 5.69 Å². The van der Waals surface area contributed by atoms with Gasteiger partial charge in [0.1, 0.15) is 0 Å². The van der Waals surface area contributed by atoms with Gasteiger partial charge in [0.25, 0.3) is 0 Å². The number of benzene rings is 1. The number of hydrogen-bond donors (Lipinski definition) is 2. The first kappa shape index (κ1) is 14.5. The Bertz CT molecular complexity index is 461. The molecule has 0 aromatic heterocycles. The molecule has 3 N–H and O–H groups in total. The molecule has 1 aromatic rings. The maximum atomic E-state index is 12.4. The number of anilines is 1. The van der Waals surface area contributed by atoms with Gasteiger partial charge in [-0.1, -0.05) is 34.8 Å². The second-order valence-electron chi connectivity index (χ2n) is 5.29. The third-order valence-corrected chi connectivity index (χ3v) is 4.93. The Labute approximate surface area is 123 Å². The van der Waals surface area contributed by atoms with Crippen molar-refractivity contribution in [3.63, 3.8) is 0 Å². The van der Waals surface area contributed by atoms with Gasteiger partial charge in [-0.2, -0.15) is 0 Å². The molecule has 1 aliphatic carbocycles. The fourth-order valence-corrected chi connectivity index (χ4v) is 3.17. The molecule has 0 spiro atoms. The molecule has 0 radical (unpaired) electrons. The van der Waals surface area contributed by atoms with Crippen molar-refractivity contribution in [2.45, 2.75) is 32.6 Å². The van der Waals surface area contributed by atoms with Crippen LogP contribution in [0.15, 0.2) is 22.7 Å². The lowest BCUT2D eigenvalue weighted by Gasteiger charge is -2.29. The van der Waals surface area contributed by atoms with E-state index in [1.165, 1.54) is 6.42 Å². The van der Waals surface area contributed by atoms with E-state index in [2.05, 4.69) is 21.2 Å². The van der Waals surface area contributed by atoms with E-state index in [-0.39, 0.29) is 11.8 Å². The van der Waals surface area contributed by atoms with Crippen LogP contribution in [0, 0.1) is 18.8 Å². The molecule has 104 valence electrons. The second kappa shape index (κ2) is 6.53. The Morgan fingerprint density at radius 3 is 2.89 bits per heavy atom. The highest BCUT2D eigenvalue weighted by Crippen LogP contribution is 2.31. The normalized spacial score (nSPS) is 23.1. The molecule has 1 fully saturated rings. The standard InChI is InChI=1S/C15H21BrN2O/c1-10-13(16)7-4-8-14(10)18-15(19)12-6-3-2-5-11(12)9-17/h4,7-8,11-12H,2-3,5-6,9,17H2,1H3,(H,18,19). The van der Waals surface area contributed by atoms with Crippen LogP contribution in [0.3, 0.4) is 0 Å². The number of carbonyl (C=O) groups excluding carboxylic acids is 1. The third-order valence-electron chi connectivity index (χ3n) is 4.07. The first-order valence-electron chi connectivity index (χ1n) is 6.89. The molecule has 0 bridgehead atoms. The number of carbonyl (C=O) groups is 1. The highest BCUT2D eigenvalue weighted by molar-refractivity contribution is 9.10. The molecule has 19 heavy (non-hydrogen) atoms. The monoisotopic (exact) mass is 324 g/mol. The first-order chi connectivity index (χ1) is 9.13. The van der Waals surface area contributed by atoms with Crippen molar-refractivity contribution in [1.29, 1.82) is 0 Å². The quantitative estimate of drug-likeness (QED) is 0.894. The van der Waals surface area contributed by atoms with Gasteiger partial charge in [-0.3, -0.25) is 4.79 Å². The number of halogens is 1. The van der Waals surface area contributed by atoms with Crippen molar-refractivity contribution >= 4 is 27.5 Å². The molecular formula is C15H21BrN2O. The van der Waals surface area contributed by atoms with Crippen LogP contribution in [-0.4, -0.2) is 12.5 Å². The van der Waals surface area contributed by atoms with Gasteiger partial charge in [-0.15, -0.1) is 0 Å². The topological polar surface area (TPSA) is 55.1 Å². The Hall–Kier alpha value is -0.870. The lowest BCUT2D eigenvalue weighted by atomic mass is 9.78. The summed E-state index contributed by atoms with van der Waals surface area (Å²) in [6.07, 6.45) is 4.36. The Kier molecular flexibility index (Phi) is 4.99. The first-order valence-corrected chi connectivity index (χ1v) is 7.69. The van der Waals surface area contributed by atoms with E-state index in [9.17, 15) is 4.79 Å². The van der Waals surface area contributed by atoms with Crippen LogP contribution in [0.5, 0.6) is 0 Å². The molecule has 1 aromatic carbocycles. The summed E-state index contributed by atoms with van der Waals surface area (Å²) in [4.78, 5) is 12.4. The van der Waals surface area contributed by atoms with Crippen LogP contribution in [0.1, 0.15) is 31.2 Å². The molecule has 0 heterocycles. The van der Waals surface area contributed by atoms with Crippen molar-refractivity contribution in [2.75, 3.05) is 11.9 Å². The number of nitrogens with two attached hydrogens (primary N) is 1. The Morgan fingerprint density at radius 1 is 1.42 bits per heavy atom. The van der Waals surface area contributed by atoms with Crippen molar-refractivity contribution in [3.05, 3.63) is 28.2 Å². The summed E-state index contributed by atoms with van der Waals surface area (Å²) in [5.41, 5.74) is 7.75. The summed E-state index contributed by atoms with van der Waals surface area (Å²) in [5.74, 6) is 0.523. The molecule has 4 heteroatoms. The van der Waals surface area contributed by atoms with Crippen LogP contribution in [0.25, 0.3) is 0 Å². The van der Waals surface area contributed by atoms with Gasteiger partial charge in [0.2, 0.25) is 5.91 Å². The largest absolute Gasteiger partial charge is 0.330 e. The number of rotatable bonds is 3. The average molecular weight is 325 g/mol. The molecule has 0 saturated heterocycles. The highest BCUT2D eigenvalue weighted by Gasteiger charge is 2.30. The number of nitrogens with one attached hydrogen (secondary N) is 1. The Morgan fingerprint density at radius 2 is 2.16 bits per heavy atom. The van der Waals surface area contributed by atoms with E-state index in [0.29, 0.717) is 12.5 Å². The zero-order valence-electron chi connectivity index (χ0n) is 11.3. The summed E-state index contributed by atoms with van der Waals surface area (Å²) >= 11 is 3.49.